The number of hydrogen-bond acceptors (Lipinski definition) is 17. The number of alkyl halides is 1. The second-order valence-electron chi connectivity index (χ2n) is 9.64. The predicted molar refractivity (Wildman–Crippen MR) is 136 cm³/mol. The van der Waals surface area contributed by atoms with Crippen LogP contribution in [0.15, 0.2) is 0 Å². The number of esters is 6. The molecule has 2 heterocycles. The summed E-state index contributed by atoms with van der Waals surface area (Å²) in [5.74, 6) is -5.06. The number of ether oxygens (including phenoxy) is 10. The Labute approximate surface area is 251 Å². The number of hydrogen-bond donors (Lipinski definition) is 1. The van der Waals surface area contributed by atoms with E-state index in [0.29, 0.717) is 0 Å². The highest BCUT2D eigenvalue weighted by molar-refractivity contribution is 5.69. The van der Waals surface area contributed by atoms with Gasteiger partial charge in [-0.15, -0.1) is 0 Å². The number of aliphatic hydroxyl groups is 1. The third kappa shape index (κ3) is 10.9. The Hall–Kier alpha value is -3.45. The molecule has 0 aromatic carbocycles. The van der Waals surface area contributed by atoms with E-state index in [2.05, 4.69) is 0 Å². The molecule has 0 aromatic heterocycles. The first-order valence-corrected chi connectivity index (χ1v) is 13.4. The first kappa shape index (κ1) is 36.7. The van der Waals surface area contributed by atoms with Crippen LogP contribution in [0.2, 0.25) is 0 Å². The van der Waals surface area contributed by atoms with E-state index in [1.807, 2.05) is 0 Å². The van der Waals surface area contributed by atoms with Gasteiger partial charge in [-0.25, -0.2) is 4.39 Å². The Balaban J connectivity index is 2.59. The van der Waals surface area contributed by atoms with Crippen LogP contribution in [0.4, 0.5) is 4.39 Å². The van der Waals surface area contributed by atoms with Crippen LogP contribution in [0.1, 0.15) is 41.5 Å². The topological polar surface area (TPSA) is 215 Å². The molecule has 17 nitrogen and oxygen atoms in total. The Morgan fingerprint density at radius 1 is 0.591 bits per heavy atom. The molecule has 2 fully saturated rings. The van der Waals surface area contributed by atoms with Crippen LogP contribution in [0.3, 0.4) is 0 Å². The molecule has 0 unspecified atom stereocenters. The molecular weight excluding hydrogens is 603 g/mol. The molecule has 0 spiro atoms. The highest BCUT2D eigenvalue weighted by Gasteiger charge is 2.56. The molecule has 2 saturated heterocycles. The lowest BCUT2D eigenvalue weighted by Crippen LogP contribution is -2.67. The van der Waals surface area contributed by atoms with Crippen molar-refractivity contribution >= 4 is 35.8 Å². The summed E-state index contributed by atoms with van der Waals surface area (Å²) in [4.78, 5) is 71.2. The van der Waals surface area contributed by atoms with Gasteiger partial charge in [0.15, 0.2) is 43.1 Å². The fourth-order valence-corrected chi connectivity index (χ4v) is 4.45. The lowest BCUT2D eigenvalue weighted by atomic mass is 9.96. The van der Waals surface area contributed by atoms with E-state index in [0.717, 1.165) is 41.5 Å². The molecule has 0 saturated carbocycles. The van der Waals surface area contributed by atoms with Crippen molar-refractivity contribution < 1.29 is 85.6 Å². The van der Waals surface area contributed by atoms with Gasteiger partial charge < -0.3 is 52.5 Å². The zero-order chi connectivity index (χ0) is 33.1. The van der Waals surface area contributed by atoms with Gasteiger partial charge >= 0.3 is 35.8 Å². The van der Waals surface area contributed by atoms with Crippen LogP contribution < -0.4 is 0 Å². The Bertz CT molecular complexity index is 1040. The van der Waals surface area contributed by atoms with Gasteiger partial charge in [-0.3, -0.25) is 28.8 Å². The van der Waals surface area contributed by atoms with Crippen LogP contribution in [-0.2, 0) is 76.1 Å². The van der Waals surface area contributed by atoms with Crippen LogP contribution in [0.5, 0.6) is 0 Å². The van der Waals surface area contributed by atoms with Crippen molar-refractivity contribution in [1.82, 2.24) is 0 Å². The van der Waals surface area contributed by atoms with Crippen LogP contribution in [0, 0.1) is 0 Å². The molecule has 0 amide bonds. The summed E-state index contributed by atoms with van der Waals surface area (Å²) < 4.78 is 67.4. The second-order valence-corrected chi connectivity index (χ2v) is 9.64. The standard InChI is InChI=1S/C26H37FO17/c1-11(28)36-9-17-19(34)21(39-14(4)31)23(25(42-17)35-8-7-27)44-26-24(41-16(6)33)22(40-15(5)32)20(38-13(3)30)18(43-26)10-37-12(2)29/h17-26,34H,7-10H2,1-6H3/t17-,18+,19+,20+,21-,22-,23-,24-,25-,26+/m0/s1. The van der Waals surface area contributed by atoms with Crippen molar-refractivity contribution in [3.63, 3.8) is 0 Å². The average Bonchev–Trinajstić information content (AvgIpc) is 2.90. The molecule has 2 rings (SSSR count). The third-order valence-electron chi connectivity index (χ3n) is 5.97. The summed E-state index contributed by atoms with van der Waals surface area (Å²) in [6, 6.07) is 0. The summed E-state index contributed by atoms with van der Waals surface area (Å²) >= 11 is 0. The fraction of sp³-hybridized carbons (Fsp3) is 0.769. The molecule has 0 bridgehead atoms. The second kappa shape index (κ2) is 17.1. The minimum Gasteiger partial charge on any atom is -0.463 e. The van der Waals surface area contributed by atoms with Gasteiger partial charge in [-0.2, -0.15) is 0 Å². The van der Waals surface area contributed by atoms with Crippen LogP contribution in [0.25, 0.3) is 0 Å². The molecular formula is C26H37FO17. The van der Waals surface area contributed by atoms with Crippen molar-refractivity contribution in [2.24, 2.45) is 0 Å². The van der Waals surface area contributed by atoms with Crippen LogP contribution in [-0.4, -0.2) is 129 Å². The maximum atomic E-state index is 13.2. The van der Waals surface area contributed by atoms with Gasteiger partial charge in [0.25, 0.3) is 0 Å². The number of halogens is 1. The van der Waals surface area contributed by atoms with E-state index in [1.54, 1.807) is 0 Å². The summed E-state index contributed by atoms with van der Waals surface area (Å²) in [7, 11) is 0. The zero-order valence-electron chi connectivity index (χ0n) is 25.0. The van der Waals surface area contributed by atoms with E-state index in [1.165, 1.54) is 0 Å². The minimum absolute atomic E-state index is 0.518. The van der Waals surface area contributed by atoms with E-state index in [9.17, 15) is 38.3 Å². The molecule has 2 aliphatic heterocycles. The number of carbonyl (C=O) groups excluding carboxylic acids is 6. The van der Waals surface area contributed by atoms with Gasteiger partial charge in [0.2, 0.25) is 0 Å². The quantitative estimate of drug-likeness (QED) is 0.189. The summed E-state index contributed by atoms with van der Waals surface area (Å²) in [6.07, 6.45) is -16.0. The number of aliphatic hydroxyl groups excluding tert-OH is 1. The van der Waals surface area contributed by atoms with Crippen molar-refractivity contribution in [2.75, 3.05) is 26.5 Å². The zero-order valence-corrected chi connectivity index (χ0v) is 25.0. The molecule has 18 heteroatoms. The lowest BCUT2D eigenvalue weighted by Gasteiger charge is -2.48. The van der Waals surface area contributed by atoms with Gasteiger partial charge in [-0.05, 0) is 0 Å². The predicted octanol–water partition coefficient (Wildman–Crippen LogP) is -0.979. The molecule has 44 heavy (non-hydrogen) atoms. The number of carbonyl (C=O) groups is 6. The minimum atomic E-state index is -1.80. The summed E-state index contributed by atoms with van der Waals surface area (Å²) in [5.41, 5.74) is 0. The van der Waals surface area contributed by atoms with Gasteiger partial charge in [0.05, 0.1) is 6.61 Å². The first-order valence-electron chi connectivity index (χ1n) is 13.4. The highest BCUT2D eigenvalue weighted by atomic mass is 19.1. The summed E-state index contributed by atoms with van der Waals surface area (Å²) in [5, 5.41) is 11.0. The Kier molecular flexibility index (Phi) is 14.3. The SMILES string of the molecule is CC(=O)OC[C@@H]1O[C@H](OCCF)[C@@H](O[C@H]2O[C@H](COC(C)=O)[C@@H](OC(C)=O)[C@H](OC(C)=O)[C@@H]2OC(C)=O)[C@@H](OC(C)=O)[C@@H]1O. The molecule has 0 aliphatic carbocycles. The molecule has 0 aromatic rings. The number of rotatable bonds is 13. The van der Waals surface area contributed by atoms with E-state index in [4.69, 9.17) is 47.4 Å². The van der Waals surface area contributed by atoms with E-state index < -0.39 is 124 Å². The maximum absolute atomic E-state index is 13.2. The van der Waals surface area contributed by atoms with Gasteiger partial charge in [0, 0.05) is 41.5 Å². The molecule has 10 atom stereocenters. The Morgan fingerprint density at radius 2 is 1.05 bits per heavy atom. The smallest absolute Gasteiger partial charge is 0.303 e. The molecule has 250 valence electrons. The molecule has 0 radical (unpaired) electrons. The monoisotopic (exact) mass is 640 g/mol. The molecule has 1 N–H and O–H groups in total. The first-order chi connectivity index (χ1) is 20.6. The van der Waals surface area contributed by atoms with Gasteiger partial charge in [-0.1, -0.05) is 0 Å². The van der Waals surface area contributed by atoms with E-state index >= 15 is 0 Å². The largest absolute Gasteiger partial charge is 0.463 e. The Morgan fingerprint density at radius 3 is 1.55 bits per heavy atom. The highest BCUT2D eigenvalue weighted by Crippen LogP contribution is 2.34. The molecule has 2 aliphatic rings. The maximum Gasteiger partial charge on any atom is 0.303 e. The van der Waals surface area contributed by atoms with Crippen molar-refractivity contribution in [2.45, 2.75) is 103 Å². The summed E-state index contributed by atoms with van der Waals surface area (Å²) in [6.45, 7) is 3.64. The average molecular weight is 641 g/mol. The third-order valence-corrected chi connectivity index (χ3v) is 5.97. The van der Waals surface area contributed by atoms with Crippen molar-refractivity contribution in [3.05, 3.63) is 0 Å². The fourth-order valence-electron chi connectivity index (χ4n) is 4.45. The van der Waals surface area contributed by atoms with E-state index in [-0.39, 0.29) is 0 Å². The van der Waals surface area contributed by atoms with Gasteiger partial charge in [0.1, 0.15) is 38.2 Å². The normalized spacial score (nSPS) is 31.6. The van der Waals surface area contributed by atoms with Crippen molar-refractivity contribution in [3.8, 4) is 0 Å². The lowest BCUT2D eigenvalue weighted by molar-refractivity contribution is -0.368. The van der Waals surface area contributed by atoms with Crippen LogP contribution >= 0.6 is 0 Å². The van der Waals surface area contributed by atoms with Crippen molar-refractivity contribution in [1.29, 1.82) is 0 Å².